The summed E-state index contributed by atoms with van der Waals surface area (Å²) in [5.74, 6) is 0.00877. The lowest BCUT2D eigenvalue weighted by Crippen LogP contribution is -2.35. The van der Waals surface area contributed by atoms with Crippen LogP contribution in [-0.2, 0) is 4.74 Å². The molecular formula is C19H22BNO7. The third kappa shape index (κ3) is 6.68. The van der Waals surface area contributed by atoms with Gasteiger partial charge >= 0.3 is 13.1 Å². The van der Waals surface area contributed by atoms with E-state index in [0.717, 1.165) is 19.3 Å². The van der Waals surface area contributed by atoms with Gasteiger partial charge < -0.3 is 19.5 Å². The molecule has 148 valence electrons. The van der Waals surface area contributed by atoms with Gasteiger partial charge in [0.05, 0.1) is 23.7 Å². The average molecular weight is 387 g/mol. The van der Waals surface area contributed by atoms with Crippen molar-refractivity contribution in [2.24, 2.45) is 0 Å². The van der Waals surface area contributed by atoms with E-state index in [9.17, 15) is 25.0 Å². The Bertz CT molecular complexity index is 780. The molecule has 0 spiro atoms. The summed E-state index contributed by atoms with van der Waals surface area (Å²) < 4.78 is 10.7. The van der Waals surface area contributed by atoms with E-state index >= 15 is 0 Å². The number of carbonyl (C=O) groups is 1. The molecule has 8 nitrogen and oxygen atoms in total. The molecule has 28 heavy (non-hydrogen) atoms. The molecule has 0 unspecified atom stereocenters. The lowest BCUT2D eigenvalue weighted by atomic mass is 9.77. The smallest absolute Gasteiger partial charge is 0.489 e. The van der Waals surface area contributed by atoms with E-state index in [1.165, 1.54) is 24.3 Å². The van der Waals surface area contributed by atoms with Crippen molar-refractivity contribution in [1.82, 2.24) is 0 Å². The molecule has 0 saturated carbocycles. The van der Waals surface area contributed by atoms with E-state index in [2.05, 4.69) is 0 Å². The van der Waals surface area contributed by atoms with Gasteiger partial charge in [0.15, 0.2) is 0 Å². The number of hydrogen-bond donors (Lipinski definition) is 2. The molecule has 0 aliphatic heterocycles. The highest BCUT2D eigenvalue weighted by molar-refractivity contribution is 6.60. The minimum Gasteiger partial charge on any atom is -0.494 e. The standard InChI is InChI=1S/C19H22BNO7/c22-19(17-7-3-4-8-18(17)20(23)24)28-14-6-2-1-5-13-27-16-11-9-15(10-12-16)21(25)26/h3-4,7-12,23-24H,1-2,5-6,13-14H2. The maximum absolute atomic E-state index is 12.0. The molecule has 0 saturated heterocycles. The van der Waals surface area contributed by atoms with Crippen molar-refractivity contribution in [3.8, 4) is 5.75 Å². The summed E-state index contributed by atoms with van der Waals surface area (Å²) >= 11 is 0. The first-order valence-electron chi connectivity index (χ1n) is 8.98. The molecule has 0 fully saturated rings. The summed E-state index contributed by atoms with van der Waals surface area (Å²) in [6.45, 7) is 0.747. The Kier molecular flexibility index (Phi) is 8.45. The van der Waals surface area contributed by atoms with Crippen LogP contribution in [0.4, 0.5) is 5.69 Å². The highest BCUT2D eigenvalue weighted by atomic mass is 16.6. The number of nitro benzene ring substituents is 1. The number of ether oxygens (including phenoxy) is 2. The third-order valence-electron chi connectivity index (χ3n) is 4.05. The predicted molar refractivity (Wildman–Crippen MR) is 104 cm³/mol. The van der Waals surface area contributed by atoms with Crippen molar-refractivity contribution in [3.05, 3.63) is 64.2 Å². The Morgan fingerprint density at radius 1 is 0.964 bits per heavy atom. The first-order valence-corrected chi connectivity index (χ1v) is 8.98. The molecule has 9 heteroatoms. The monoisotopic (exact) mass is 387 g/mol. The third-order valence-corrected chi connectivity index (χ3v) is 4.05. The summed E-state index contributed by atoms with van der Waals surface area (Å²) in [5, 5.41) is 29.1. The number of unbranched alkanes of at least 4 members (excludes halogenated alkanes) is 3. The van der Waals surface area contributed by atoms with E-state index in [-0.39, 0.29) is 23.3 Å². The molecule has 0 bridgehead atoms. The minimum atomic E-state index is -1.72. The van der Waals surface area contributed by atoms with Crippen LogP contribution >= 0.6 is 0 Å². The van der Waals surface area contributed by atoms with E-state index in [1.807, 2.05) is 0 Å². The van der Waals surface area contributed by atoms with Gasteiger partial charge in [0.2, 0.25) is 0 Å². The van der Waals surface area contributed by atoms with Crippen LogP contribution in [-0.4, -0.2) is 41.3 Å². The highest BCUT2D eigenvalue weighted by Gasteiger charge is 2.20. The van der Waals surface area contributed by atoms with E-state index < -0.39 is 18.0 Å². The van der Waals surface area contributed by atoms with Crippen LogP contribution < -0.4 is 10.2 Å². The Labute approximate surface area is 163 Å². The van der Waals surface area contributed by atoms with Crippen molar-refractivity contribution < 1.29 is 29.2 Å². The zero-order valence-electron chi connectivity index (χ0n) is 15.3. The fraction of sp³-hybridized carbons (Fsp3) is 0.316. The van der Waals surface area contributed by atoms with Crippen LogP contribution in [0.25, 0.3) is 0 Å². The number of non-ortho nitro benzene ring substituents is 1. The first kappa shape index (κ1) is 21.4. The minimum absolute atomic E-state index is 0.0259. The SMILES string of the molecule is O=C(OCCCCCCOc1ccc([N+](=O)[O-])cc1)c1ccccc1B(O)O. The number of rotatable bonds is 11. The topological polar surface area (TPSA) is 119 Å². The zero-order chi connectivity index (χ0) is 20.4. The molecule has 0 aliphatic rings. The van der Waals surface area contributed by atoms with Crippen LogP contribution in [0.2, 0.25) is 0 Å². The largest absolute Gasteiger partial charge is 0.494 e. The van der Waals surface area contributed by atoms with Crippen LogP contribution in [0.5, 0.6) is 5.75 Å². The molecule has 2 aromatic rings. The first-order chi connectivity index (χ1) is 13.5. The molecule has 2 rings (SSSR count). The number of hydrogen-bond acceptors (Lipinski definition) is 7. The number of benzene rings is 2. The quantitative estimate of drug-likeness (QED) is 0.199. The van der Waals surface area contributed by atoms with Gasteiger partial charge in [0.25, 0.3) is 5.69 Å². The van der Waals surface area contributed by atoms with Gasteiger partial charge in [-0.1, -0.05) is 18.2 Å². The predicted octanol–water partition coefficient (Wildman–Crippen LogP) is 2.07. The number of esters is 1. The molecule has 0 aromatic heterocycles. The molecule has 0 amide bonds. The van der Waals surface area contributed by atoms with Crippen molar-refractivity contribution in [2.45, 2.75) is 25.7 Å². The molecule has 0 radical (unpaired) electrons. The Balaban J connectivity index is 1.58. The second kappa shape index (κ2) is 11.1. The molecule has 2 aromatic carbocycles. The molecule has 2 N–H and O–H groups in total. The second-order valence-electron chi connectivity index (χ2n) is 6.11. The van der Waals surface area contributed by atoms with Crippen molar-refractivity contribution in [2.75, 3.05) is 13.2 Å². The zero-order valence-corrected chi connectivity index (χ0v) is 15.3. The lowest BCUT2D eigenvalue weighted by molar-refractivity contribution is -0.384. The van der Waals surface area contributed by atoms with Gasteiger partial charge in [-0.3, -0.25) is 10.1 Å². The molecular weight excluding hydrogens is 365 g/mol. The highest BCUT2D eigenvalue weighted by Crippen LogP contribution is 2.17. The summed E-state index contributed by atoms with van der Waals surface area (Å²) in [5.41, 5.74) is 0.294. The van der Waals surface area contributed by atoms with Crippen LogP contribution in [0.1, 0.15) is 36.0 Å². The summed E-state index contributed by atoms with van der Waals surface area (Å²) in [6, 6.07) is 12.1. The van der Waals surface area contributed by atoms with E-state index in [0.29, 0.717) is 18.8 Å². The average Bonchev–Trinajstić information content (AvgIpc) is 2.70. The molecule has 0 heterocycles. The second-order valence-corrected chi connectivity index (χ2v) is 6.11. The fourth-order valence-corrected chi connectivity index (χ4v) is 2.56. The van der Waals surface area contributed by atoms with Gasteiger partial charge in [-0.2, -0.15) is 0 Å². The van der Waals surface area contributed by atoms with Crippen molar-refractivity contribution in [3.63, 3.8) is 0 Å². The number of nitrogens with zero attached hydrogens (tertiary/aromatic N) is 1. The summed E-state index contributed by atoms with van der Waals surface area (Å²) in [7, 11) is -1.72. The van der Waals surface area contributed by atoms with Gasteiger partial charge in [0.1, 0.15) is 5.75 Å². The Morgan fingerprint density at radius 3 is 2.25 bits per heavy atom. The van der Waals surface area contributed by atoms with Gasteiger partial charge in [-0.05, 0) is 49.3 Å². The maximum Gasteiger partial charge on any atom is 0.489 e. The van der Waals surface area contributed by atoms with E-state index in [1.54, 1.807) is 24.3 Å². The van der Waals surface area contributed by atoms with E-state index in [4.69, 9.17) is 9.47 Å². The van der Waals surface area contributed by atoms with Crippen LogP contribution in [0, 0.1) is 10.1 Å². The van der Waals surface area contributed by atoms with Crippen LogP contribution in [0.15, 0.2) is 48.5 Å². The van der Waals surface area contributed by atoms with Crippen LogP contribution in [0.3, 0.4) is 0 Å². The normalized spacial score (nSPS) is 10.4. The number of carbonyl (C=O) groups excluding carboxylic acids is 1. The van der Waals surface area contributed by atoms with Crippen molar-refractivity contribution in [1.29, 1.82) is 0 Å². The fourth-order valence-electron chi connectivity index (χ4n) is 2.56. The summed E-state index contributed by atoms with van der Waals surface area (Å²) in [4.78, 5) is 22.1. The Morgan fingerprint density at radius 2 is 1.61 bits per heavy atom. The number of nitro groups is 1. The van der Waals surface area contributed by atoms with Gasteiger partial charge in [-0.25, -0.2) is 4.79 Å². The molecule has 0 aliphatic carbocycles. The lowest BCUT2D eigenvalue weighted by Gasteiger charge is -2.09. The Hall–Kier alpha value is -2.91. The maximum atomic E-state index is 12.0. The summed E-state index contributed by atoms with van der Waals surface area (Å²) in [6.07, 6.45) is 3.23. The van der Waals surface area contributed by atoms with Gasteiger partial charge in [-0.15, -0.1) is 0 Å². The van der Waals surface area contributed by atoms with Gasteiger partial charge in [0, 0.05) is 12.1 Å². The molecule has 0 atom stereocenters. The van der Waals surface area contributed by atoms with Crippen molar-refractivity contribution >= 4 is 24.2 Å².